The van der Waals surface area contributed by atoms with Gasteiger partial charge in [0.1, 0.15) is 5.75 Å². The van der Waals surface area contributed by atoms with Crippen molar-refractivity contribution in [3.05, 3.63) is 48.2 Å². The largest absolute Gasteiger partial charge is 0.495 e. The van der Waals surface area contributed by atoms with E-state index in [1.807, 2.05) is 24.3 Å². The molecule has 0 aliphatic rings. The highest BCUT2D eigenvalue weighted by Gasteiger charge is 2.20. The van der Waals surface area contributed by atoms with Gasteiger partial charge in [-0.25, -0.2) is 13.2 Å². The van der Waals surface area contributed by atoms with E-state index in [9.17, 15) is 18.3 Å². The summed E-state index contributed by atoms with van der Waals surface area (Å²) in [5.41, 5.74) is 8.68. The third-order valence-electron chi connectivity index (χ3n) is 4.98. The Labute approximate surface area is 187 Å². The third kappa shape index (κ3) is 4.65. The first-order valence-corrected chi connectivity index (χ1v) is 11.8. The summed E-state index contributed by atoms with van der Waals surface area (Å²) in [6, 6.07) is 11.6. The van der Waals surface area contributed by atoms with Crippen molar-refractivity contribution in [1.29, 1.82) is 0 Å². The van der Waals surface area contributed by atoms with E-state index in [1.54, 1.807) is 0 Å². The number of carbonyl (C=O) groups is 1. The minimum absolute atomic E-state index is 0.0381. The maximum Gasteiger partial charge on any atom is 0.412 e. The van der Waals surface area contributed by atoms with E-state index in [2.05, 4.69) is 23.3 Å². The number of hydrogen-bond acceptors (Lipinski definition) is 5. The molecular weight excluding hydrogens is 430 g/mol. The highest BCUT2D eigenvalue weighted by atomic mass is 32.2. The molecule has 1 heterocycles. The molecule has 0 unspecified atom stereocenters. The number of benzene rings is 2. The molecule has 3 rings (SSSR count). The van der Waals surface area contributed by atoms with Crippen LogP contribution in [0.2, 0.25) is 0 Å². The van der Waals surface area contributed by atoms with Crippen LogP contribution in [0.25, 0.3) is 10.9 Å². The smallest absolute Gasteiger partial charge is 0.412 e. The summed E-state index contributed by atoms with van der Waals surface area (Å²) < 4.78 is 30.9. The Hall–Kier alpha value is -3.64. The van der Waals surface area contributed by atoms with E-state index in [1.165, 1.54) is 25.3 Å². The van der Waals surface area contributed by atoms with Crippen LogP contribution in [0.3, 0.4) is 0 Å². The van der Waals surface area contributed by atoms with E-state index in [0.717, 1.165) is 40.7 Å². The van der Waals surface area contributed by atoms with Crippen LogP contribution in [-0.2, 0) is 16.4 Å². The molecule has 0 aliphatic heterocycles. The van der Waals surface area contributed by atoms with Crippen molar-refractivity contribution in [2.24, 2.45) is 0 Å². The fourth-order valence-corrected chi connectivity index (χ4v) is 4.09. The van der Waals surface area contributed by atoms with E-state index in [4.69, 9.17) is 10.5 Å². The number of nitrogen functional groups attached to an aromatic ring is 1. The first-order valence-electron chi connectivity index (χ1n) is 9.92. The molecule has 168 valence electrons. The maximum absolute atomic E-state index is 11.9. The lowest BCUT2D eigenvalue weighted by Crippen LogP contribution is -2.30. The number of aryl methyl sites for hydroxylation is 1. The number of rotatable bonds is 6. The summed E-state index contributed by atoms with van der Waals surface area (Å²) in [6.07, 6.45) is 0.741. The van der Waals surface area contributed by atoms with Crippen molar-refractivity contribution in [3.8, 4) is 17.6 Å². The van der Waals surface area contributed by atoms with Gasteiger partial charge in [-0.3, -0.25) is 4.90 Å². The SMILES string of the molecule is CCCn1c(C#CCN(C(=O)O)c2ccc(S(C)(=O)=O)cc2OC)cc2c(N)cccc21. The molecule has 3 N–H and O–H groups in total. The van der Waals surface area contributed by atoms with Gasteiger partial charge in [-0.2, -0.15) is 0 Å². The number of amides is 1. The normalized spacial score (nSPS) is 11.1. The minimum Gasteiger partial charge on any atom is -0.495 e. The highest BCUT2D eigenvalue weighted by molar-refractivity contribution is 7.90. The fourth-order valence-electron chi connectivity index (χ4n) is 3.45. The Morgan fingerprint density at radius 1 is 1.25 bits per heavy atom. The molecule has 0 saturated heterocycles. The number of nitrogens with zero attached hydrogens (tertiary/aromatic N) is 2. The highest BCUT2D eigenvalue weighted by Crippen LogP contribution is 2.31. The Balaban J connectivity index is 1.98. The molecule has 0 saturated carbocycles. The number of nitrogens with two attached hydrogens (primary N) is 1. The van der Waals surface area contributed by atoms with Crippen molar-refractivity contribution in [1.82, 2.24) is 4.57 Å². The van der Waals surface area contributed by atoms with Crippen LogP contribution in [0, 0.1) is 11.8 Å². The maximum atomic E-state index is 11.9. The second-order valence-electron chi connectivity index (χ2n) is 7.24. The van der Waals surface area contributed by atoms with Crippen LogP contribution in [0.15, 0.2) is 47.4 Å². The summed E-state index contributed by atoms with van der Waals surface area (Å²) in [4.78, 5) is 13.0. The van der Waals surface area contributed by atoms with Gasteiger partial charge in [0.05, 0.1) is 35.4 Å². The second-order valence-corrected chi connectivity index (χ2v) is 9.25. The molecule has 9 heteroatoms. The van der Waals surface area contributed by atoms with Crippen molar-refractivity contribution >= 4 is 38.2 Å². The number of carboxylic acid groups (broad SMARTS) is 1. The van der Waals surface area contributed by atoms with Crippen LogP contribution in [0.4, 0.5) is 16.2 Å². The van der Waals surface area contributed by atoms with Gasteiger partial charge < -0.3 is 20.1 Å². The number of methoxy groups -OCH3 is 1. The standard InChI is InChI=1S/C23H25N3O5S/c1-4-12-25-16(14-18-19(24)8-5-9-20(18)25)7-6-13-26(23(27)28)21-11-10-17(32(3,29)30)15-22(21)31-2/h5,8-11,14-15H,4,12-13,24H2,1-3H3,(H,27,28). The lowest BCUT2D eigenvalue weighted by molar-refractivity contribution is 0.202. The number of anilines is 2. The van der Waals surface area contributed by atoms with Crippen molar-refractivity contribution in [3.63, 3.8) is 0 Å². The molecule has 8 nitrogen and oxygen atoms in total. The van der Waals surface area contributed by atoms with Gasteiger partial charge >= 0.3 is 6.09 Å². The lowest BCUT2D eigenvalue weighted by atomic mass is 10.2. The van der Waals surface area contributed by atoms with Crippen LogP contribution in [0.5, 0.6) is 5.75 Å². The van der Waals surface area contributed by atoms with Crippen LogP contribution in [0.1, 0.15) is 19.0 Å². The topological polar surface area (TPSA) is 115 Å². The number of ether oxygens (including phenoxy) is 1. The van der Waals surface area contributed by atoms with Gasteiger partial charge in [-0.15, -0.1) is 0 Å². The molecule has 0 radical (unpaired) electrons. The molecule has 1 amide bonds. The summed E-state index contributed by atoms with van der Waals surface area (Å²) in [5.74, 6) is 6.10. The predicted molar refractivity (Wildman–Crippen MR) is 125 cm³/mol. The lowest BCUT2D eigenvalue weighted by Gasteiger charge is -2.19. The van der Waals surface area contributed by atoms with Crippen molar-refractivity contribution in [2.45, 2.75) is 24.8 Å². The molecule has 0 spiro atoms. The van der Waals surface area contributed by atoms with Gasteiger partial charge in [0.15, 0.2) is 9.84 Å². The molecule has 1 aromatic heterocycles. The molecule has 0 fully saturated rings. The first-order chi connectivity index (χ1) is 15.2. The van der Waals surface area contributed by atoms with Gasteiger partial charge in [0.25, 0.3) is 0 Å². The number of fused-ring (bicyclic) bond motifs is 1. The number of sulfone groups is 1. The Bertz CT molecular complexity index is 1330. The van der Waals surface area contributed by atoms with Crippen molar-refractivity contribution < 1.29 is 23.1 Å². The molecule has 3 aromatic rings. The molecular formula is C23H25N3O5S. The minimum atomic E-state index is -3.46. The average Bonchev–Trinajstić information content (AvgIpc) is 3.09. The zero-order valence-electron chi connectivity index (χ0n) is 18.1. The van der Waals surface area contributed by atoms with E-state index >= 15 is 0 Å². The number of aromatic nitrogens is 1. The Morgan fingerprint density at radius 2 is 2.00 bits per heavy atom. The summed E-state index contributed by atoms with van der Waals surface area (Å²) >= 11 is 0. The Kier molecular flexibility index (Phi) is 6.65. The quantitative estimate of drug-likeness (QED) is 0.434. The molecule has 0 atom stereocenters. The molecule has 2 aromatic carbocycles. The zero-order chi connectivity index (χ0) is 23.5. The van der Waals surface area contributed by atoms with Crippen LogP contribution >= 0.6 is 0 Å². The van der Waals surface area contributed by atoms with Gasteiger partial charge in [-0.1, -0.05) is 18.9 Å². The second kappa shape index (κ2) is 9.24. The average molecular weight is 456 g/mol. The van der Waals surface area contributed by atoms with Crippen molar-refractivity contribution in [2.75, 3.05) is 30.5 Å². The summed E-state index contributed by atoms with van der Waals surface area (Å²) in [6.45, 7) is 2.68. The predicted octanol–water partition coefficient (Wildman–Crippen LogP) is 3.58. The molecule has 0 bridgehead atoms. The zero-order valence-corrected chi connectivity index (χ0v) is 18.9. The van der Waals surface area contributed by atoms with Crippen LogP contribution in [-0.4, -0.2) is 44.1 Å². The van der Waals surface area contributed by atoms with E-state index in [0.29, 0.717) is 5.69 Å². The summed E-state index contributed by atoms with van der Waals surface area (Å²) in [5, 5.41) is 10.6. The first kappa shape index (κ1) is 23.0. The van der Waals surface area contributed by atoms with Gasteiger partial charge in [0.2, 0.25) is 0 Å². The monoisotopic (exact) mass is 455 g/mol. The third-order valence-corrected chi connectivity index (χ3v) is 6.09. The molecule has 32 heavy (non-hydrogen) atoms. The number of hydrogen-bond donors (Lipinski definition) is 2. The Morgan fingerprint density at radius 3 is 2.62 bits per heavy atom. The molecule has 0 aliphatic carbocycles. The van der Waals surface area contributed by atoms with E-state index in [-0.39, 0.29) is 22.9 Å². The van der Waals surface area contributed by atoms with Crippen LogP contribution < -0.4 is 15.4 Å². The summed E-state index contributed by atoms with van der Waals surface area (Å²) in [7, 11) is -2.11. The van der Waals surface area contributed by atoms with E-state index < -0.39 is 15.9 Å². The van der Waals surface area contributed by atoms with Gasteiger partial charge in [-0.05, 0) is 42.7 Å². The van der Waals surface area contributed by atoms with Gasteiger partial charge in [0, 0.05) is 29.9 Å². The fraction of sp³-hybridized carbons (Fsp3) is 0.261.